The summed E-state index contributed by atoms with van der Waals surface area (Å²) in [6.45, 7) is 1.78. The van der Waals surface area contributed by atoms with Crippen molar-refractivity contribution in [3.05, 3.63) is 21.4 Å². The standard InChI is InChI=1S/C13H15NO2S/c1-9-8-12(17-11(9)6-3-7-15)13(16)14-10-4-2-5-10/h8,10,15H,2,4-5,7H2,1H3,(H,14,16). The Bertz CT molecular complexity index is 477. The fourth-order valence-corrected chi connectivity index (χ4v) is 2.60. The molecule has 2 rings (SSSR count). The maximum Gasteiger partial charge on any atom is 0.261 e. The quantitative estimate of drug-likeness (QED) is 0.784. The van der Waals surface area contributed by atoms with Crippen LogP contribution in [0.5, 0.6) is 0 Å². The molecule has 0 aromatic carbocycles. The van der Waals surface area contributed by atoms with Gasteiger partial charge in [-0.2, -0.15) is 0 Å². The number of aliphatic hydroxyl groups excluding tert-OH is 1. The van der Waals surface area contributed by atoms with Crippen LogP contribution in [0, 0.1) is 18.8 Å². The van der Waals surface area contributed by atoms with Crippen LogP contribution in [0.2, 0.25) is 0 Å². The molecule has 0 aliphatic heterocycles. The van der Waals surface area contributed by atoms with Crippen LogP contribution in [0.25, 0.3) is 0 Å². The molecule has 1 aromatic heterocycles. The van der Waals surface area contributed by atoms with Crippen molar-refractivity contribution < 1.29 is 9.90 Å². The van der Waals surface area contributed by atoms with Gasteiger partial charge in [0.05, 0.1) is 9.75 Å². The molecule has 1 aliphatic carbocycles. The highest BCUT2D eigenvalue weighted by atomic mass is 32.1. The predicted octanol–water partition coefficient (Wildman–Crippen LogP) is 1.68. The summed E-state index contributed by atoms with van der Waals surface area (Å²) in [6.07, 6.45) is 3.39. The van der Waals surface area contributed by atoms with Crippen molar-refractivity contribution >= 4 is 17.2 Å². The van der Waals surface area contributed by atoms with E-state index in [1.54, 1.807) is 0 Å². The van der Waals surface area contributed by atoms with Gasteiger partial charge in [0.25, 0.3) is 5.91 Å². The molecule has 1 fully saturated rings. The summed E-state index contributed by atoms with van der Waals surface area (Å²) in [6, 6.07) is 2.22. The van der Waals surface area contributed by atoms with Gasteiger partial charge >= 0.3 is 0 Å². The third kappa shape index (κ3) is 2.87. The molecule has 17 heavy (non-hydrogen) atoms. The summed E-state index contributed by atoms with van der Waals surface area (Å²) in [4.78, 5) is 13.5. The molecular weight excluding hydrogens is 234 g/mol. The van der Waals surface area contributed by atoms with Crippen molar-refractivity contribution in [3.8, 4) is 11.8 Å². The van der Waals surface area contributed by atoms with Crippen molar-refractivity contribution in [2.24, 2.45) is 0 Å². The molecule has 3 nitrogen and oxygen atoms in total. The van der Waals surface area contributed by atoms with Gasteiger partial charge in [-0.15, -0.1) is 11.3 Å². The predicted molar refractivity (Wildman–Crippen MR) is 68.1 cm³/mol. The minimum Gasteiger partial charge on any atom is -0.384 e. The second-order valence-electron chi connectivity index (χ2n) is 4.18. The number of amides is 1. The third-order valence-electron chi connectivity index (χ3n) is 2.86. The summed E-state index contributed by atoms with van der Waals surface area (Å²) >= 11 is 1.39. The van der Waals surface area contributed by atoms with E-state index in [-0.39, 0.29) is 12.5 Å². The Balaban J connectivity index is 2.07. The Hall–Kier alpha value is -1.31. The molecule has 0 atom stereocenters. The minimum atomic E-state index is -0.152. The lowest BCUT2D eigenvalue weighted by Gasteiger charge is -2.25. The molecule has 0 spiro atoms. The van der Waals surface area contributed by atoms with E-state index in [2.05, 4.69) is 17.2 Å². The summed E-state index contributed by atoms with van der Waals surface area (Å²) in [5.41, 5.74) is 0.995. The van der Waals surface area contributed by atoms with Crippen LogP contribution in [0.15, 0.2) is 6.07 Å². The molecule has 1 amide bonds. The lowest BCUT2D eigenvalue weighted by atomic mass is 9.93. The number of aliphatic hydroxyl groups is 1. The molecule has 1 aromatic rings. The molecule has 0 radical (unpaired) electrons. The normalized spacial score (nSPS) is 14.7. The first kappa shape index (κ1) is 12.2. The Kier molecular flexibility index (Phi) is 3.82. The van der Waals surface area contributed by atoms with Gasteiger partial charge in [-0.3, -0.25) is 4.79 Å². The number of aryl methyl sites for hydroxylation is 1. The zero-order valence-electron chi connectivity index (χ0n) is 9.75. The first-order valence-electron chi connectivity index (χ1n) is 5.71. The first-order valence-corrected chi connectivity index (χ1v) is 6.53. The van der Waals surface area contributed by atoms with Crippen molar-refractivity contribution in [3.63, 3.8) is 0 Å². The molecular formula is C13H15NO2S. The molecule has 0 bridgehead atoms. The monoisotopic (exact) mass is 249 g/mol. The molecule has 4 heteroatoms. The lowest BCUT2D eigenvalue weighted by molar-refractivity contribution is 0.0921. The topological polar surface area (TPSA) is 49.3 Å². The Morgan fingerprint density at radius 3 is 3.00 bits per heavy atom. The van der Waals surface area contributed by atoms with Crippen LogP contribution in [0.1, 0.15) is 39.4 Å². The number of hydrogen-bond donors (Lipinski definition) is 2. The molecule has 1 saturated carbocycles. The zero-order chi connectivity index (χ0) is 12.3. The average molecular weight is 249 g/mol. The van der Waals surface area contributed by atoms with Crippen LogP contribution in [0.3, 0.4) is 0 Å². The van der Waals surface area contributed by atoms with E-state index < -0.39 is 0 Å². The summed E-state index contributed by atoms with van der Waals surface area (Å²) < 4.78 is 0. The highest BCUT2D eigenvalue weighted by Crippen LogP contribution is 2.23. The van der Waals surface area contributed by atoms with Crippen LogP contribution in [-0.2, 0) is 0 Å². The van der Waals surface area contributed by atoms with E-state index >= 15 is 0 Å². The smallest absolute Gasteiger partial charge is 0.261 e. The number of carbonyl (C=O) groups is 1. The summed E-state index contributed by atoms with van der Waals surface area (Å²) in [5.74, 6) is 5.46. The number of hydrogen-bond acceptors (Lipinski definition) is 3. The largest absolute Gasteiger partial charge is 0.384 e. The Morgan fingerprint density at radius 1 is 1.65 bits per heavy atom. The Labute approximate surface area is 105 Å². The Morgan fingerprint density at radius 2 is 2.41 bits per heavy atom. The molecule has 0 unspecified atom stereocenters. The van der Waals surface area contributed by atoms with Gasteiger partial charge in [-0.05, 0) is 37.8 Å². The second-order valence-corrected chi connectivity index (χ2v) is 5.24. The second kappa shape index (κ2) is 5.35. The van der Waals surface area contributed by atoms with Gasteiger partial charge in [0.2, 0.25) is 0 Å². The molecule has 1 aliphatic rings. The van der Waals surface area contributed by atoms with Gasteiger partial charge < -0.3 is 10.4 Å². The number of carbonyl (C=O) groups excluding carboxylic acids is 1. The highest BCUT2D eigenvalue weighted by Gasteiger charge is 2.21. The van der Waals surface area contributed by atoms with Gasteiger partial charge in [0, 0.05) is 6.04 Å². The van der Waals surface area contributed by atoms with E-state index in [0.717, 1.165) is 23.3 Å². The summed E-state index contributed by atoms with van der Waals surface area (Å²) in [7, 11) is 0. The van der Waals surface area contributed by atoms with Crippen molar-refractivity contribution in [1.82, 2.24) is 5.32 Å². The van der Waals surface area contributed by atoms with Crippen LogP contribution >= 0.6 is 11.3 Å². The third-order valence-corrected chi connectivity index (χ3v) is 4.01. The summed E-state index contributed by atoms with van der Waals surface area (Å²) in [5, 5.41) is 11.6. The van der Waals surface area contributed by atoms with Crippen molar-refractivity contribution in [2.75, 3.05) is 6.61 Å². The van der Waals surface area contributed by atoms with E-state index in [0.29, 0.717) is 10.9 Å². The molecule has 2 N–H and O–H groups in total. The maximum atomic E-state index is 11.9. The zero-order valence-corrected chi connectivity index (χ0v) is 10.6. The van der Waals surface area contributed by atoms with Gasteiger partial charge in [0.15, 0.2) is 0 Å². The van der Waals surface area contributed by atoms with E-state index in [1.165, 1.54) is 17.8 Å². The van der Waals surface area contributed by atoms with Gasteiger partial charge in [-0.1, -0.05) is 11.8 Å². The van der Waals surface area contributed by atoms with E-state index in [9.17, 15) is 4.79 Å². The maximum absolute atomic E-state index is 11.9. The van der Waals surface area contributed by atoms with Crippen LogP contribution in [-0.4, -0.2) is 23.7 Å². The molecule has 90 valence electrons. The fourth-order valence-electron chi connectivity index (χ4n) is 1.65. The minimum absolute atomic E-state index is 0.000140. The SMILES string of the molecule is Cc1cc(C(=O)NC2CCC2)sc1C#CCO. The van der Waals surface area contributed by atoms with Crippen molar-refractivity contribution in [1.29, 1.82) is 0 Å². The number of nitrogens with one attached hydrogen (secondary N) is 1. The number of thiophene rings is 1. The van der Waals surface area contributed by atoms with Crippen LogP contribution in [0.4, 0.5) is 0 Å². The first-order chi connectivity index (χ1) is 8.20. The average Bonchev–Trinajstić information content (AvgIpc) is 2.62. The van der Waals surface area contributed by atoms with Crippen molar-refractivity contribution in [2.45, 2.75) is 32.2 Å². The van der Waals surface area contributed by atoms with Crippen LogP contribution < -0.4 is 5.32 Å². The molecule has 1 heterocycles. The van der Waals surface area contributed by atoms with E-state index in [4.69, 9.17) is 5.11 Å². The van der Waals surface area contributed by atoms with Gasteiger partial charge in [-0.25, -0.2) is 0 Å². The van der Waals surface area contributed by atoms with E-state index in [1.807, 2.05) is 13.0 Å². The highest BCUT2D eigenvalue weighted by molar-refractivity contribution is 7.14. The van der Waals surface area contributed by atoms with Gasteiger partial charge in [0.1, 0.15) is 6.61 Å². The fraction of sp³-hybridized carbons (Fsp3) is 0.462. The lowest BCUT2D eigenvalue weighted by Crippen LogP contribution is -2.39. The number of rotatable bonds is 2. The molecule has 0 saturated heterocycles.